The average molecular weight is 255 g/mol. The number of ether oxygens (including phenoxy) is 1. The molecule has 0 aromatic carbocycles. The first kappa shape index (κ1) is 13.1. The SMILES string of the molecule is COC(=O)C1CCCN(C(=O)N2CCNCC2)C1. The molecular weight excluding hydrogens is 234 g/mol. The summed E-state index contributed by atoms with van der Waals surface area (Å²) in [6.07, 6.45) is 1.69. The quantitative estimate of drug-likeness (QED) is 0.665. The van der Waals surface area contributed by atoms with Crippen LogP contribution in [0.25, 0.3) is 0 Å². The van der Waals surface area contributed by atoms with Crippen molar-refractivity contribution >= 4 is 12.0 Å². The van der Waals surface area contributed by atoms with Gasteiger partial charge in [-0.15, -0.1) is 0 Å². The molecule has 0 spiro atoms. The van der Waals surface area contributed by atoms with E-state index in [1.165, 1.54) is 7.11 Å². The molecule has 6 nitrogen and oxygen atoms in total. The molecule has 6 heteroatoms. The summed E-state index contributed by atoms with van der Waals surface area (Å²) in [5.74, 6) is -0.358. The lowest BCUT2D eigenvalue weighted by atomic mass is 9.98. The normalized spacial score (nSPS) is 24.8. The number of urea groups is 1. The van der Waals surface area contributed by atoms with Crippen LogP contribution in [0.1, 0.15) is 12.8 Å². The molecular formula is C12H21N3O3. The summed E-state index contributed by atoms with van der Waals surface area (Å²) in [7, 11) is 1.40. The molecule has 0 radical (unpaired) electrons. The molecule has 0 aliphatic carbocycles. The van der Waals surface area contributed by atoms with Gasteiger partial charge >= 0.3 is 12.0 Å². The van der Waals surface area contributed by atoms with Gasteiger partial charge in [-0.3, -0.25) is 4.79 Å². The second-order valence-corrected chi connectivity index (χ2v) is 4.83. The zero-order chi connectivity index (χ0) is 13.0. The number of likely N-dealkylation sites (tertiary alicyclic amines) is 1. The third-order valence-corrected chi connectivity index (χ3v) is 3.61. The minimum atomic E-state index is -0.201. The van der Waals surface area contributed by atoms with Gasteiger partial charge in [0.1, 0.15) is 0 Å². The van der Waals surface area contributed by atoms with Crippen molar-refractivity contribution in [1.29, 1.82) is 0 Å². The Hall–Kier alpha value is -1.30. The maximum absolute atomic E-state index is 12.3. The van der Waals surface area contributed by atoms with E-state index in [0.29, 0.717) is 6.54 Å². The van der Waals surface area contributed by atoms with Crippen LogP contribution in [-0.2, 0) is 9.53 Å². The lowest BCUT2D eigenvalue weighted by Crippen LogP contribution is -2.54. The summed E-state index contributed by atoms with van der Waals surface area (Å²) < 4.78 is 4.76. The van der Waals surface area contributed by atoms with E-state index in [1.54, 1.807) is 4.90 Å². The minimum Gasteiger partial charge on any atom is -0.469 e. The molecule has 1 unspecified atom stereocenters. The lowest BCUT2D eigenvalue weighted by Gasteiger charge is -2.37. The molecule has 0 bridgehead atoms. The smallest absolute Gasteiger partial charge is 0.320 e. The van der Waals surface area contributed by atoms with Crippen LogP contribution in [0.3, 0.4) is 0 Å². The fourth-order valence-corrected chi connectivity index (χ4v) is 2.57. The fraction of sp³-hybridized carbons (Fsp3) is 0.833. The van der Waals surface area contributed by atoms with E-state index >= 15 is 0 Å². The highest BCUT2D eigenvalue weighted by atomic mass is 16.5. The summed E-state index contributed by atoms with van der Waals surface area (Å²) >= 11 is 0. The Morgan fingerprint density at radius 3 is 2.56 bits per heavy atom. The number of piperidine rings is 1. The fourth-order valence-electron chi connectivity index (χ4n) is 2.57. The van der Waals surface area contributed by atoms with Crippen LogP contribution < -0.4 is 5.32 Å². The van der Waals surface area contributed by atoms with Crippen LogP contribution in [-0.4, -0.2) is 68.2 Å². The number of carbonyl (C=O) groups excluding carboxylic acids is 2. The van der Waals surface area contributed by atoms with Crippen LogP contribution in [0.5, 0.6) is 0 Å². The highest BCUT2D eigenvalue weighted by molar-refractivity contribution is 5.77. The van der Waals surface area contributed by atoms with Crippen LogP contribution in [0.15, 0.2) is 0 Å². The number of carbonyl (C=O) groups is 2. The van der Waals surface area contributed by atoms with Gasteiger partial charge in [-0.1, -0.05) is 0 Å². The van der Waals surface area contributed by atoms with E-state index in [-0.39, 0.29) is 17.9 Å². The Balaban J connectivity index is 1.91. The summed E-state index contributed by atoms with van der Waals surface area (Å²) in [6, 6.07) is 0.0603. The van der Waals surface area contributed by atoms with Crippen molar-refractivity contribution in [3.05, 3.63) is 0 Å². The summed E-state index contributed by atoms with van der Waals surface area (Å²) in [5, 5.41) is 3.22. The van der Waals surface area contributed by atoms with E-state index in [0.717, 1.165) is 45.6 Å². The van der Waals surface area contributed by atoms with Gasteiger partial charge in [0.15, 0.2) is 0 Å². The predicted octanol–water partition coefficient (Wildman–Crippen LogP) is -0.103. The molecule has 1 atom stereocenters. The summed E-state index contributed by atoms with van der Waals surface area (Å²) in [6.45, 7) is 4.43. The average Bonchev–Trinajstić information content (AvgIpc) is 2.46. The van der Waals surface area contributed by atoms with E-state index in [4.69, 9.17) is 4.74 Å². The third kappa shape index (κ3) is 2.93. The molecule has 2 heterocycles. The minimum absolute atomic E-state index is 0.0603. The zero-order valence-corrected chi connectivity index (χ0v) is 10.9. The van der Waals surface area contributed by atoms with Gasteiger partial charge < -0.3 is 19.9 Å². The molecule has 0 saturated carbocycles. The molecule has 2 rings (SSSR count). The topological polar surface area (TPSA) is 61.9 Å². The van der Waals surface area contributed by atoms with Crippen molar-refractivity contribution < 1.29 is 14.3 Å². The van der Waals surface area contributed by atoms with Gasteiger partial charge in [0.2, 0.25) is 0 Å². The number of amides is 2. The monoisotopic (exact) mass is 255 g/mol. The predicted molar refractivity (Wildman–Crippen MR) is 66.2 cm³/mol. The van der Waals surface area contributed by atoms with Gasteiger partial charge in [-0.2, -0.15) is 0 Å². The van der Waals surface area contributed by atoms with Gasteiger partial charge in [0, 0.05) is 39.3 Å². The number of rotatable bonds is 1. The molecule has 2 amide bonds. The van der Waals surface area contributed by atoms with Gasteiger partial charge in [0.25, 0.3) is 0 Å². The van der Waals surface area contributed by atoms with E-state index in [2.05, 4.69) is 5.32 Å². The number of methoxy groups -OCH3 is 1. The second-order valence-electron chi connectivity index (χ2n) is 4.83. The van der Waals surface area contributed by atoms with Crippen molar-refractivity contribution in [2.45, 2.75) is 12.8 Å². The standard InChI is InChI=1S/C12H21N3O3/c1-18-11(16)10-3-2-6-15(9-10)12(17)14-7-4-13-5-8-14/h10,13H,2-9H2,1H3. The van der Waals surface area contributed by atoms with Crippen molar-refractivity contribution in [2.24, 2.45) is 5.92 Å². The lowest BCUT2D eigenvalue weighted by molar-refractivity contribution is -0.146. The highest BCUT2D eigenvalue weighted by Gasteiger charge is 2.31. The van der Waals surface area contributed by atoms with Crippen molar-refractivity contribution in [1.82, 2.24) is 15.1 Å². The Morgan fingerprint density at radius 1 is 1.17 bits per heavy atom. The van der Waals surface area contributed by atoms with Gasteiger partial charge in [-0.05, 0) is 12.8 Å². The maximum Gasteiger partial charge on any atom is 0.320 e. The molecule has 2 saturated heterocycles. The summed E-state index contributed by atoms with van der Waals surface area (Å²) in [5.41, 5.74) is 0. The van der Waals surface area contributed by atoms with E-state index in [1.807, 2.05) is 4.90 Å². The Labute approximate surface area is 107 Å². The van der Waals surface area contributed by atoms with E-state index in [9.17, 15) is 9.59 Å². The summed E-state index contributed by atoms with van der Waals surface area (Å²) in [4.78, 5) is 27.5. The highest BCUT2D eigenvalue weighted by Crippen LogP contribution is 2.19. The molecule has 1 N–H and O–H groups in total. The van der Waals surface area contributed by atoms with Crippen molar-refractivity contribution in [3.63, 3.8) is 0 Å². The first-order valence-corrected chi connectivity index (χ1v) is 6.55. The van der Waals surface area contributed by atoms with Crippen LogP contribution in [0.4, 0.5) is 4.79 Å². The first-order chi connectivity index (χ1) is 8.72. The Morgan fingerprint density at radius 2 is 1.89 bits per heavy atom. The van der Waals surface area contributed by atoms with Crippen LogP contribution in [0.2, 0.25) is 0 Å². The molecule has 0 aromatic heterocycles. The molecule has 102 valence electrons. The number of nitrogens with one attached hydrogen (secondary N) is 1. The van der Waals surface area contributed by atoms with Crippen LogP contribution >= 0.6 is 0 Å². The zero-order valence-electron chi connectivity index (χ0n) is 10.9. The van der Waals surface area contributed by atoms with E-state index < -0.39 is 0 Å². The number of hydrogen-bond donors (Lipinski definition) is 1. The molecule has 2 fully saturated rings. The largest absolute Gasteiger partial charge is 0.469 e. The van der Waals surface area contributed by atoms with Gasteiger partial charge in [-0.25, -0.2) is 4.79 Å². The van der Waals surface area contributed by atoms with Crippen LogP contribution in [0, 0.1) is 5.92 Å². The maximum atomic E-state index is 12.3. The Kier molecular flexibility index (Phi) is 4.41. The number of piperazine rings is 1. The number of nitrogens with zero attached hydrogens (tertiary/aromatic N) is 2. The second kappa shape index (κ2) is 6.04. The Bertz CT molecular complexity index is 316. The molecule has 18 heavy (non-hydrogen) atoms. The number of hydrogen-bond acceptors (Lipinski definition) is 4. The molecule has 0 aromatic rings. The van der Waals surface area contributed by atoms with Gasteiger partial charge in [0.05, 0.1) is 13.0 Å². The molecule has 2 aliphatic rings. The number of esters is 1. The third-order valence-electron chi connectivity index (χ3n) is 3.61. The first-order valence-electron chi connectivity index (χ1n) is 6.55. The molecule has 2 aliphatic heterocycles. The van der Waals surface area contributed by atoms with Crippen molar-refractivity contribution in [2.75, 3.05) is 46.4 Å². The van der Waals surface area contributed by atoms with Crippen molar-refractivity contribution in [3.8, 4) is 0 Å².